The van der Waals surface area contributed by atoms with Gasteiger partial charge in [0.2, 0.25) is 0 Å². The SMILES string of the molecule is O=C(NCC1CCCO1)N1CCC(Oc2ccccc2)CC1. The maximum absolute atomic E-state index is 12.1. The van der Waals surface area contributed by atoms with Crippen molar-refractivity contribution in [2.45, 2.75) is 37.9 Å². The van der Waals surface area contributed by atoms with Crippen molar-refractivity contribution in [3.8, 4) is 5.75 Å². The Labute approximate surface area is 131 Å². The molecule has 0 spiro atoms. The molecule has 22 heavy (non-hydrogen) atoms. The Kier molecular flexibility index (Phi) is 5.16. The lowest BCUT2D eigenvalue weighted by atomic mass is 10.1. The van der Waals surface area contributed by atoms with E-state index in [0.29, 0.717) is 6.54 Å². The lowest BCUT2D eigenvalue weighted by Crippen LogP contribution is -2.47. The average Bonchev–Trinajstić information content (AvgIpc) is 3.08. The first-order chi connectivity index (χ1) is 10.8. The number of hydrogen-bond acceptors (Lipinski definition) is 3. The zero-order chi connectivity index (χ0) is 15.2. The summed E-state index contributed by atoms with van der Waals surface area (Å²) < 4.78 is 11.5. The fraction of sp³-hybridized carbons (Fsp3) is 0.588. The number of amides is 2. The van der Waals surface area contributed by atoms with E-state index >= 15 is 0 Å². The topological polar surface area (TPSA) is 50.8 Å². The van der Waals surface area contributed by atoms with Crippen LogP contribution in [-0.2, 0) is 4.74 Å². The summed E-state index contributed by atoms with van der Waals surface area (Å²) in [5.74, 6) is 0.906. The van der Waals surface area contributed by atoms with Gasteiger partial charge in [0.15, 0.2) is 0 Å². The minimum absolute atomic E-state index is 0.0219. The molecule has 0 saturated carbocycles. The first-order valence-electron chi connectivity index (χ1n) is 8.17. The van der Waals surface area contributed by atoms with E-state index in [0.717, 1.165) is 51.1 Å². The Morgan fingerprint density at radius 3 is 2.68 bits per heavy atom. The van der Waals surface area contributed by atoms with Crippen molar-refractivity contribution >= 4 is 6.03 Å². The normalized spacial score (nSPS) is 22.5. The molecule has 5 heteroatoms. The second-order valence-electron chi connectivity index (χ2n) is 5.94. The van der Waals surface area contributed by atoms with Gasteiger partial charge in [-0.2, -0.15) is 0 Å². The van der Waals surface area contributed by atoms with Crippen LogP contribution in [0.4, 0.5) is 4.79 Å². The van der Waals surface area contributed by atoms with E-state index in [9.17, 15) is 4.79 Å². The van der Waals surface area contributed by atoms with E-state index in [1.54, 1.807) is 0 Å². The van der Waals surface area contributed by atoms with Gasteiger partial charge in [0.05, 0.1) is 6.10 Å². The molecule has 0 radical (unpaired) electrons. The molecule has 2 fully saturated rings. The number of likely N-dealkylation sites (tertiary alicyclic amines) is 1. The summed E-state index contributed by atoms with van der Waals surface area (Å²) in [5, 5.41) is 2.98. The van der Waals surface area contributed by atoms with Crippen molar-refractivity contribution in [2.75, 3.05) is 26.2 Å². The second-order valence-corrected chi connectivity index (χ2v) is 5.94. The van der Waals surface area contributed by atoms with E-state index in [2.05, 4.69) is 5.32 Å². The fourth-order valence-electron chi connectivity index (χ4n) is 2.99. The molecule has 2 heterocycles. The number of carbonyl (C=O) groups excluding carboxylic acids is 1. The first kappa shape index (κ1) is 15.2. The van der Waals surface area contributed by atoms with Crippen molar-refractivity contribution < 1.29 is 14.3 Å². The lowest BCUT2D eigenvalue weighted by Gasteiger charge is -2.32. The van der Waals surface area contributed by atoms with Crippen LogP contribution in [0, 0.1) is 0 Å². The molecule has 5 nitrogen and oxygen atoms in total. The third-order valence-corrected chi connectivity index (χ3v) is 4.28. The Balaban J connectivity index is 1.38. The highest BCUT2D eigenvalue weighted by Gasteiger charge is 2.24. The van der Waals surface area contributed by atoms with Crippen molar-refractivity contribution in [2.24, 2.45) is 0 Å². The third kappa shape index (κ3) is 4.13. The summed E-state index contributed by atoms with van der Waals surface area (Å²) in [6.45, 7) is 2.94. The Morgan fingerprint density at radius 2 is 2.00 bits per heavy atom. The average molecular weight is 304 g/mol. The van der Waals surface area contributed by atoms with Crippen molar-refractivity contribution in [3.63, 3.8) is 0 Å². The van der Waals surface area contributed by atoms with Gasteiger partial charge in [-0.05, 0) is 25.0 Å². The molecule has 0 aliphatic carbocycles. The molecule has 2 amide bonds. The monoisotopic (exact) mass is 304 g/mol. The number of ether oxygens (including phenoxy) is 2. The molecule has 0 aromatic heterocycles. The maximum Gasteiger partial charge on any atom is 0.317 e. The van der Waals surface area contributed by atoms with Gasteiger partial charge in [0, 0.05) is 39.1 Å². The first-order valence-corrected chi connectivity index (χ1v) is 8.17. The second kappa shape index (κ2) is 7.49. The number of piperidine rings is 1. The number of carbonyl (C=O) groups is 1. The van der Waals surface area contributed by atoms with Crippen molar-refractivity contribution in [1.82, 2.24) is 10.2 Å². The molecule has 0 bridgehead atoms. The quantitative estimate of drug-likeness (QED) is 0.929. The molecular formula is C17H24N2O3. The van der Waals surface area contributed by atoms with E-state index in [1.807, 2.05) is 35.2 Å². The number of hydrogen-bond donors (Lipinski definition) is 1. The number of para-hydroxylation sites is 1. The number of rotatable bonds is 4. The molecule has 1 unspecified atom stereocenters. The summed E-state index contributed by atoms with van der Waals surface area (Å²) >= 11 is 0. The van der Waals surface area contributed by atoms with E-state index in [1.165, 1.54) is 0 Å². The van der Waals surface area contributed by atoms with E-state index < -0.39 is 0 Å². The molecule has 1 aromatic rings. The third-order valence-electron chi connectivity index (χ3n) is 4.28. The highest BCUT2D eigenvalue weighted by atomic mass is 16.5. The summed E-state index contributed by atoms with van der Waals surface area (Å²) in [6, 6.07) is 9.90. The van der Waals surface area contributed by atoms with Crippen LogP contribution in [0.5, 0.6) is 5.75 Å². The van der Waals surface area contributed by atoms with Crippen molar-refractivity contribution in [3.05, 3.63) is 30.3 Å². The van der Waals surface area contributed by atoms with E-state index in [4.69, 9.17) is 9.47 Å². The van der Waals surface area contributed by atoms with Gasteiger partial charge in [0.25, 0.3) is 0 Å². The van der Waals surface area contributed by atoms with E-state index in [-0.39, 0.29) is 18.2 Å². The molecule has 120 valence electrons. The molecule has 3 rings (SSSR count). The highest BCUT2D eigenvalue weighted by molar-refractivity contribution is 5.74. The van der Waals surface area contributed by atoms with Crippen LogP contribution in [0.25, 0.3) is 0 Å². The van der Waals surface area contributed by atoms with Gasteiger partial charge in [-0.25, -0.2) is 4.79 Å². The number of urea groups is 1. The minimum Gasteiger partial charge on any atom is -0.490 e. The molecule has 2 aliphatic heterocycles. The Bertz CT molecular complexity index is 466. The summed E-state index contributed by atoms with van der Waals surface area (Å²) in [6.07, 6.45) is 4.30. The minimum atomic E-state index is 0.0219. The summed E-state index contributed by atoms with van der Waals surface area (Å²) in [7, 11) is 0. The predicted octanol–water partition coefficient (Wildman–Crippen LogP) is 2.42. The maximum atomic E-state index is 12.1. The van der Waals surface area contributed by atoms with Crippen LogP contribution in [0.2, 0.25) is 0 Å². The van der Waals surface area contributed by atoms with Crippen LogP contribution in [0.1, 0.15) is 25.7 Å². The van der Waals surface area contributed by atoms with Gasteiger partial charge < -0.3 is 19.7 Å². The molecular weight excluding hydrogens is 280 g/mol. The Morgan fingerprint density at radius 1 is 1.23 bits per heavy atom. The van der Waals surface area contributed by atoms with Crippen LogP contribution in [0.15, 0.2) is 30.3 Å². The molecule has 1 aromatic carbocycles. The van der Waals surface area contributed by atoms with Gasteiger partial charge >= 0.3 is 6.03 Å². The largest absolute Gasteiger partial charge is 0.490 e. The summed E-state index contributed by atoms with van der Waals surface area (Å²) in [4.78, 5) is 14.0. The predicted molar refractivity (Wildman–Crippen MR) is 84.0 cm³/mol. The van der Waals surface area contributed by atoms with Crippen LogP contribution < -0.4 is 10.1 Å². The zero-order valence-electron chi connectivity index (χ0n) is 12.9. The molecule has 2 saturated heterocycles. The molecule has 1 N–H and O–H groups in total. The van der Waals surface area contributed by atoms with Gasteiger partial charge in [-0.1, -0.05) is 18.2 Å². The Hall–Kier alpha value is -1.75. The zero-order valence-corrected chi connectivity index (χ0v) is 12.9. The van der Waals surface area contributed by atoms with Crippen LogP contribution in [0.3, 0.4) is 0 Å². The molecule has 1 atom stereocenters. The number of nitrogens with zero attached hydrogens (tertiary/aromatic N) is 1. The highest BCUT2D eigenvalue weighted by Crippen LogP contribution is 2.18. The van der Waals surface area contributed by atoms with Crippen LogP contribution >= 0.6 is 0 Å². The lowest BCUT2D eigenvalue weighted by molar-refractivity contribution is 0.0978. The van der Waals surface area contributed by atoms with Gasteiger partial charge in [0.1, 0.15) is 11.9 Å². The smallest absolute Gasteiger partial charge is 0.317 e. The fourth-order valence-corrected chi connectivity index (χ4v) is 2.99. The standard InChI is InChI=1S/C17H24N2O3/c20-17(18-13-16-7-4-12-21-16)19-10-8-15(9-11-19)22-14-5-2-1-3-6-14/h1-3,5-6,15-16H,4,7-13H2,(H,18,20). The molecule has 2 aliphatic rings. The summed E-state index contributed by atoms with van der Waals surface area (Å²) in [5.41, 5.74) is 0. The van der Waals surface area contributed by atoms with Crippen LogP contribution in [-0.4, -0.2) is 49.4 Å². The number of nitrogens with one attached hydrogen (secondary N) is 1. The van der Waals surface area contributed by atoms with Gasteiger partial charge in [-0.3, -0.25) is 0 Å². The van der Waals surface area contributed by atoms with Crippen molar-refractivity contribution in [1.29, 1.82) is 0 Å². The van der Waals surface area contributed by atoms with Gasteiger partial charge in [-0.15, -0.1) is 0 Å². The number of benzene rings is 1.